The van der Waals surface area contributed by atoms with Crippen LogP contribution in [0.4, 0.5) is 4.39 Å². The van der Waals surface area contributed by atoms with Gasteiger partial charge in [0, 0.05) is 26.2 Å². The standard InChI is InChI=1S/C15H19ClFNO2/c16-12-4-3-11(8-13(12)17)9-18-5-7-20-15(10-18)14-2-1-6-19-14/h3-4,8,14-15H,1-2,5-7,9-10H2/t14-,15+/m1/s1. The van der Waals surface area contributed by atoms with Gasteiger partial charge in [-0.1, -0.05) is 17.7 Å². The van der Waals surface area contributed by atoms with Gasteiger partial charge in [0.25, 0.3) is 0 Å². The van der Waals surface area contributed by atoms with Crippen LogP contribution < -0.4 is 0 Å². The summed E-state index contributed by atoms with van der Waals surface area (Å²) < 4.78 is 25.0. The Balaban J connectivity index is 1.60. The Kier molecular flexibility index (Phi) is 4.56. The minimum absolute atomic E-state index is 0.142. The van der Waals surface area contributed by atoms with Crippen LogP contribution in [-0.2, 0) is 16.0 Å². The van der Waals surface area contributed by atoms with Gasteiger partial charge >= 0.3 is 0 Å². The molecule has 0 aromatic heterocycles. The molecule has 3 rings (SSSR count). The normalized spacial score (nSPS) is 27.9. The van der Waals surface area contributed by atoms with Crippen LogP contribution in [0.15, 0.2) is 18.2 Å². The molecule has 0 bridgehead atoms. The topological polar surface area (TPSA) is 21.7 Å². The minimum Gasteiger partial charge on any atom is -0.375 e. The number of ether oxygens (including phenoxy) is 2. The molecular weight excluding hydrogens is 281 g/mol. The summed E-state index contributed by atoms with van der Waals surface area (Å²) in [5, 5.41) is 0.174. The molecule has 2 aliphatic heterocycles. The lowest BCUT2D eigenvalue weighted by atomic mass is 10.1. The average molecular weight is 300 g/mol. The first-order valence-electron chi connectivity index (χ1n) is 7.12. The van der Waals surface area contributed by atoms with Crippen molar-refractivity contribution in [3.05, 3.63) is 34.6 Å². The van der Waals surface area contributed by atoms with Crippen LogP contribution in [0.1, 0.15) is 18.4 Å². The summed E-state index contributed by atoms with van der Waals surface area (Å²) in [4.78, 5) is 2.29. The molecule has 0 spiro atoms. The highest BCUT2D eigenvalue weighted by molar-refractivity contribution is 6.30. The van der Waals surface area contributed by atoms with Crippen molar-refractivity contribution < 1.29 is 13.9 Å². The lowest BCUT2D eigenvalue weighted by molar-refractivity contribution is -0.0960. The molecule has 0 amide bonds. The number of hydrogen-bond acceptors (Lipinski definition) is 3. The second kappa shape index (κ2) is 6.39. The molecule has 2 heterocycles. The summed E-state index contributed by atoms with van der Waals surface area (Å²) in [5.41, 5.74) is 0.944. The average Bonchev–Trinajstić information content (AvgIpc) is 2.97. The summed E-state index contributed by atoms with van der Waals surface area (Å²) in [7, 11) is 0. The van der Waals surface area contributed by atoms with Crippen LogP contribution in [0, 0.1) is 5.82 Å². The summed E-state index contributed by atoms with van der Waals surface area (Å²) in [6.45, 7) is 3.98. The minimum atomic E-state index is -0.354. The quantitative estimate of drug-likeness (QED) is 0.857. The van der Waals surface area contributed by atoms with Crippen LogP contribution in [0.5, 0.6) is 0 Å². The Hall–Kier alpha value is -0.680. The molecule has 0 N–H and O–H groups in total. The number of nitrogens with zero attached hydrogens (tertiary/aromatic N) is 1. The van der Waals surface area contributed by atoms with Gasteiger partial charge in [0.05, 0.1) is 23.8 Å². The van der Waals surface area contributed by atoms with Gasteiger partial charge in [0.2, 0.25) is 0 Å². The van der Waals surface area contributed by atoms with Crippen molar-refractivity contribution in [3.8, 4) is 0 Å². The molecule has 2 fully saturated rings. The second-order valence-electron chi connectivity index (χ2n) is 5.44. The third kappa shape index (κ3) is 3.31. The van der Waals surface area contributed by atoms with Crippen molar-refractivity contribution >= 4 is 11.6 Å². The number of benzene rings is 1. The van der Waals surface area contributed by atoms with Crippen molar-refractivity contribution in [2.75, 3.05) is 26.3 Å². The van der Waals surface area contributed by atoms with Gasteiger partial charge in [-0.25, -0.2) is 4.39 Å². The molecule has 0 saturated carbocycles. The molecule has 0 aliphatic carbocycles. The summed E-state index contributed by atoms with van der Waals surface area (Å²) in [6.07, 6.45) is 2.56. The maximum absolute atomic E-state index is 13.5. The van der Waals surface area contributed by atoms with E-state index in [4.69, 9.17) is 21.1 Å². The molecule has 3 nitrogen and oxygen atoms in total. The SMILES string of the molecule is Fc1cc(CN2CCO[C@H]([C@H]3CCCO3)C2)ccc1Cl. The molecule has 1 aromatic carbocycles. The second-order valence-corrected chi connectivity index (χ2v) is 5.85. The smallest absolute Gasteiger partial charge is 0.142 e. The predicted molar refractivity (Wildman–Crippen MR) is 75.4 cm³/mol. The number of hydrogen-bond donors (Lipinski definition) is 0. The number of halogens is 2. The van der Waals surface area contributed by atoms with Gasteiger partial charge in [0.15, 0.2) is 0 Å². The van der Waals surface area contributed by atoms with Gasteiger partial charge < -0.3 is 9.47 Å². The monoisotopic (exact) mass is 299 g/mol. The summed E-state index contributed by atoms with van der Waals surface area (Å²) in [5.74, 6) is -0.354. The maximum atomic E-state index is 13.5. The molecule has 0 radical (unpaired) electrons. The Morgan fingerprint density at radius 3 is 2.85 bits per heavy atom. The Morgan fingerprint density at radius 1 is 1.25 bits per heavy atom. The number of rotatable bonds is 3. The lowest BCUT2D eigenvalue weighted by Gasteiger charge is -2.35. The van der Waals surface area contributed by atoms with Gasteiger partial charge in [-0.2, -0.15) is 0 Å². The van der Waals surface area contributed by atoms with E-state index in [1.165, 1.54) is 6.07 Å². The lowest BCUT2D eigenvalue weighted by Crippen LogP contribution is -2.47. The Morgan fingerprint density at radius 2 is 2.10 bits per heavy atom. The first-order chi connectivity index (χ1) is 9.72. The largest absolute Gasteiger partial charge is 0.375 e. The highest BCUT2D eigenvalue weighted by atomic mass is 35.5. The molecule has 20 heavy (non-hydrogen) atoms. The third-order valence-electron chi connectivity index (χ3n) is 3.95. The first-order valence-corrected chi connectivity index (χ1v) is 7.49. The highest BCUT2D eigenvalue weighted by Crippen LogP contribution is 2.22. The van der Waals surface area contributed by atoms with Crippen LogP contribution in [0.2, 0.25) is 5.02 Å². The van der Waals surface area contributed by atoms with E-state index in [-0.39, 0.29) is 23.0 Å². The number of morpholine rings is 1. The van der Waals surface area contributed by atoms with Crippen LogP contribution in [-0.4, -0.2) is 43.4 Å². The van der Waals surface area contributed by atoms with E-state index in [9.17, 15) is 4.39 Å². The van der Waals surface area contributed by atoms with Crippen molar-refractivity contribution in [3.63, 3.8) is 0 Å². The van der Waals surface area contributed by atoms with Crippen LogP contribution >= 0.6 is 11.6 Å². The molecule has 0 unspecified atom stereocenters. The van der Waals surface area contributed by atoms with E-state index in [1.807, 2.05) is 6.07 Å². The van der Waals surface area contributed by atoms with Gasteiger partial charge in [-0.3, -0.25) is 4.90 Å². The van der Waals surface area contributed by atoms with Gasteiger partial charge in [-0.05, 0) is 30.5 Å². The molecule has 5 heteroatoms. The molecule has 2 aliphatic rings. The fourth-order valence-corrected chi connectivity index (χ4v) is 3.01. The van der Waals surface area contributed by atoms with Crippen molar-refractivity contribution in [2.45, 2.75) is 31.6 Å². The fourth-order valence-electron chi connectivity index (χ4n) is 2.89. The van der Waals surface area contributed by atoms with Gasteiger partial charge in [-0.15, -0.1) is 0 Å². The van der Waals surface area contributed by atoms with E-state index < -0.39 is 0 Å². The van der Waals surface area contributed by atoms with Crippen molar-refractivity contribution in [1.29, 1.82) is 0 Å². The molecule has 110 valence electrons. The first kappa shape index (κ1) is 14.3. The zero-order valence-electron chi connectivity index (χ0n) is 11.4. The van der Waals surface area contributed by atoms with E-state index >= 15 is 0 Å². The molecular formula is C15H19ClFNO2. The van der Waals surface area contributed by atoms with Crippen LogP contribution in [0.3, 0.4) is 0 Å². The van der Waals surface area contributed by atoms with E-state index in [0.717, 1.165) is 44.6 Å². The zero-order chi connectivity index (χ0) is 13.9. The predicted octanol–water partition coefficient (Wildman–Crippen LogP) is 2.86. The highest BCUT2D eigenvalue weighted by Gasteiger charge is 2.31. The van der Waals surface area contributed by atoms with Crippen LogP contribution in [0.25, 0.3) is 0 Å². The summed E-state index contributed by atoms with van der Waals surface area (Å²) >= 11 is 5.71. The van der Waals surface area contributed by atoms with Crippen molar-refractivity contribution in [1.82, 2.24) is 4.90 Å². The van der Waals surface area contributed by atoms with E-state index in [2.05, 4.69) is 4.90 Å². The zero-order valence-corrected chi connectivity index (χ0v) is 12.1. The maximum Gasteiger partial charge on any atom is 0.142 e. The van der Waals surface area contributed by atoms with E-state index in [0.29, 0.717) is 6.61 Å². The van der Waals surface area contributed by atoms with E-state index in [1.54, 1.807) is 6.07 Å². The van der Waals surface area contributed by atoms with Crippen molar-refractivity contribution in [2.24, 2.45) is 0 Å². The molecule has 2 saturated heterocycles. The molecule has 1 aromatic rings. The Bertz CT molecular complexity index is 465. The fraction of sp³-hybridized carbons (Fsp3) is 0.600. The Labute approximate surface area is 123 Å². The summed E-state index contributed by atoms with van der Waals surface area (Å²) in [6, 6.07) is 5.01. The molecule has 2 atom stereocenters. The third-order valence-corrected chi connectivity index (χ3v) is 4.25. The van der Waals surface area contributed by atoms with Gasteiger partial charge in [0.1, 0.15) is 5.82 Å².